The second-order valence-electron chi connectivity index (χ2n) is 4.16. The Bertz CT molecular complexity index is 257. The van der Waals surface area contributed by atoms with E-state index in [0.29, 0.717) is 0 Å². The van der Waals surface area contributed by atoms with E-state index < -0.39 is 0 Å². The van der Waals surface area contributed by atoms with Gasteiger partial charge in [0.05, 0.1) is 6.20 Å². The number of aryl methyl sites for hydroxylation is 1. The fraction of sp³-hybridized carbons (Fsp3) is 0.727. The van der Waals surface area contributed by atoms with Gasteiger partial charge in [0.25, 0.3) is 0 Å². The smallest absolute Gasteiger partial charge is 0.0519 e. The molecule has 0 bridgehead atoms. The first kappa shape index (κ1) is 8.79. The molecular formula is C11H18N2. The fourth-order valence-electron chi connectivity index (χ4n) is 2.34. The maximum atomic E-state index is 4.10. The molecule has 2 rings (SSSR count). The molecule has 1 aromatic heterocycles. The third kappa shape index (κ3) is 1.93. The van der Waals surface area contributed by atoms with Gasteiger partial charge in [-0.2, -0.15) is 5.10 Å². The summed E-state index contributed by atoms with van der Waals surface area (Å²) in [5.74, 6) is 0.755. The molecule has 13 heavy (non-hydrogen) atoms. The van der Waals surface area contributed by atoms with E-state index in [9.17, 15) is 0 Å². The van der Waals surface area contributed by atoms with Crippen molar-refractivity contribution in [1.29, 1.82) is 0 Å². The summed E-state index contributed by atoms with van der Waals surface area (Å²) < 4.78 is 0. The van der Waals surface area contributed by atoms with Gasteiger partial charge in [0.15, 0.2) is 0 Å². The lowest BCUT2D eigenvalue weighted by atomic mass is 9.94. The Morgan fingerprint density at radius 1 is 1.23 bits per heavy atom. The molecule has 0 aliphatic heterocycles. The van der Waals surface area contributed by atoms with Crippen LogP contribution < -0.4 is 0 Å². The van der Waals surface area contributed by atoms with Gasteiger partial charge in [-0.05, 0) is 25.3 Å². The number of nitrogens with zero attached hydrogens (tertiary/aromatic N) is 1. The highest BCUT2D eigenvalue weighted by Gasteiger charge is 2.17. The quantitative estimate of drug-likeness (QED) is 0.657. The minimum Gasteiger partial charge on any atom is -0.282 e. The lowest BCUT2D eigenvalue weighted by Gasteiger charge is -2.12. The molecule has 0 saturated heterocycles. The summed E-state index contributed by atoms with van der Waals surface area (Å²) in [7, 11) is 0. The number of nitrogens with one attached hydrogen (secondary N) is 1. The average molecular weight is 178 g/mol. The standard InChI is InChI=1S/C11H18N2/c1-9-8-12-13-11(9)10-6-4-2-3-5-7-10/h8,10H,2-7H2,1H3,(H,12,13). The van der Waals surface area contributed by atoms with Crippen LogP contribution in [-0.2, 0) is 0 Å². The van der Waals surface area contributed by atoms with Crippen molar-refractivity contribution >= 4 is 0 Å². The van der Waals surface area contributed by atoms with Crippen LogP contribution in [0.4, 0.5) is 0 Å². The lowest BCUT2D eigenvalue weighted by Crippen LogP contribution is -1.99. The molecule has 1 N–H and O–H groups in total. The van der Waals surface area contributed by atoms with Crippen LogP contribution in [0.2, 0.25) is 0 Å². The highest BCUT2D eigenvalue weighted by molar-refractivity contribution is 5.18. The van der Waals surface area contributed by atoms with Gasteiger partial charge in [-0.25, -0.2) is 0 Å². The minimum atomic E-state index is 0.755. The summed E-state index contributed by atoms with van der Waals surface area (Å²) in [6.45, 7) is 2.16. The van der Waals surface area contributed by atoms with Gasteiger partial charge in [-0.15, -0.1) is 0 Å². The first-order chi connectivity index (χ1) is 6.38. The number of hydrogen-bond acceptors (Lipinski definition) is 1. The van der Waals surface area contributed by atoms with Crippen molar-refractivity contribution < 1.29 is 0 Å². The second kappa shape index (κ2) is 3.95. The van der Waals surface area contributed by atoms with Gasteiger partial charge >= 0.3 is 0 Å². The minimum absolute atomic E-state index is 0.755. The summed E-state index contributed by atoms with van der Waals surface area (Å²) in [4.78, 5) is 0. The first-order valence-electron chi connectivity index (χ1n) is 5.38. The Hall–Kier alpha value is -0.790. The van der Waals surface area contributed by atoms with E-state index >= 15 is 0 Å². The normalized spacial score (nSPS) is 20.1. The van der Waals surface area contributed by atoms with E-state index in [0.717, 1.165) is 5.92 Å². The average Bonchev–Trinajstić information content (AvgIpc) is 2.43. The lowest BCUT2D eigenvalue weighted by molar-refractivity contribution is 0.573. The van der Waals surface area contributed by atoms with Crippen LogP contribution in [0.3, 0.4) is 0 Å². The third-order valence-corrected chi connectivity index (χ3v) is 3.13. The van der Waals surface area contributed by atoms with Gasteiger partial charge in [-0.3, -0.25) is 5.10 Å². The molecule has 1 heterocycles. The molecule has 0 aromatic carbocycles. The molecule has 1 aromatic rings. The molecule has 1 fully saturated rings. The molecule has 0 atom stereocenters. The van der Waals surface area contributed by atoms with Crippen LogP contribution in [0.25, 0.3) is 0 Å². The number of H-pyrrole nitrogens is 1. The fourth-order valence-corrected chi connectivity index (χ4v) is 2.34. The van der Waals surface area contributed by atoms with Crippen molar-refractivity contribution in [3.05, 3.63) is 17.5 Å². The van der Waals surface area contributed by atoms with Crippen LogP contribution in [-0.4, -0.2) is 10.2 Å². The molecule has 1 aliphatic carbocycles. The van der Waals surface area contributed by atoms with E-state index in [1.807, 2.05) is 6.20 Å². The van der Waals surface area contributed by atoms with Crippen molar-refractivity contribution in [1.82, 2.24) is 10.2 Å². The molecular weight excluding hydrogens is 160 g/mol. The van der Waals surface area contributed by atoms with Crippen LogP contribution in [0.5, 0.6) is 0 Å². The monoisotopic (exact) mass is 178 g/mol. The zero-order chi connectivity index (χ0) is 9.10. The van der Waals surface area contributed by atoms with E-state index in [4.69, 9.17) is 0 Å². The van der Waals surface area contributed by atoms with Crippen LogP contribution in [0.1, 0.15) is 55.7 Å². The molecule has 0 spiro atoms. The third-order valence-electron chi connectivity index (χ3n) is 3.13. The maximum Gasteiger partial charge on any atom is 0.0519 e. The summed E-state index contributed by atoms with van der Waals surface area (Å²) in [6, 6.07) is 0. The Morgan fingerprint density at radius 3 is 2.46 bits per heavy atom. The zero-order valence-electron chi connectivity index (χ0n) is 8.34. The Labute approximate surface area is 79.7 Å². The van der Waals surface area contributed by atoms with E-state index in [-0.39, 0.29) is 0 Å². The highest BCUT2D eigenvalue weighted by atomic mass is 15.1. The molecule has 2 heteroatoms. The highest BCUT2D eigenvalue weighted by Crippen LogP contribution is 2.31. The van der Waals surface area contributed by atoms with Crippen LogP contribution in [0.15, 0.2) is 6.20 Å². The van der Waals surface area contributed by atoms with Gasteiger partial charge in [0, 0.05) is 11.6 Å². The van der Waals surface area contributed by atoms with E-state index in [1.54, 1.807) is 0 Å². The Kier molecular flexibility index (Phi) is 2.67. The second-order valence-corrected chi connectivity index (χ2v) is 4.16. The SMILES string of the molecule is Cc1cn[nH]c1C1CCCCCC1. The van der Waals surface area contributed by atoms with Crippen molar-refractivity contribution in [3.63, 3.8) is 0 Å². The molecule has 0 unspecified atom stereocenters. The van der Waals surface area contributed by atoms with Crippen LogP contribution in [0, 0.1) is 6.92 Å². The predicted octanol–water partition coefficient (Wildman–Crippen LogP) is 3.16. The molecule has 0 amide bonds. The predicted molar refractivity (Wildman–Crippen MR) is 53.8 cm³/mol. The Balaban J connectivity index is 2.10. The largest absolute Gasteiger partial charge is 0.282 e. The summed E-state index contributed by atoms with van der Waals surface area (Å²) in [5.41, 5.74) is 2.73. The van der Waals surface area contributed by atoms with Crippen molar-refractivity contribution in [2.45, 2.75) is 51.4 Å². The molecule has 2 nitrogen and oxygen atoms in total. The first-order valence-corrected chi connectivity index (χ1v) is 5.38. The van der Waals surface area contributed by atoms with Gasteiger partial charge < -0.3 is 0 Å². The number of aromatic nitrogens is 2. The summed E-state index contributed by atoms with van der Waals surface area (Å²) in [5, 5.41) is 7.26. The summed E-state index contributed by atoms with van der Waals surface area (Å²) in [6.07, 6.45) is 10.3. The molecule has 1 aliphatic rings. The van der Waals surface area contributed by atoms with Gasteiger partial charge in [0.1, 0.15) is 0 Å². The number of rotatable bonds is 1. The van der Waals surface area contributed by atoms with E-state index in [1.165, 1.54) is 49.8 Å². The molecule has 1 saturated carbocycles. The summed E-state index contributed by atoms with van der Waals surface area (Å²) >= 11 is 0. The van der Waals surface area contributed by atoms with Crippen LogP contribution >= 0.6 is 0 Å². The zero-order valence-corrected chi connectivity index (χ0v) is 8.34. The van der Waals surface area contributed by atoms with Crippen molar-refractivity contribution in [2.24, 2.45) is 0 Å². The van der Waals surface area contributed by atoms with Gasteiger partial charge in [-0.1, -0.05) is 25.7 Å². The molecule has 72 valence electrons. The number of aromatic amines is 1. The van der Waals surface area contributed by atoms with Crippen molar-refractivity contribution in [2.75, 3.05) is 0 Å². The van der Waals surface area contributed by atoms with Crippen molar-refractivity contribution in [3.8, 4) is 0 Å². The maximum absolute atomic E-state index is 4.10. The Morgan fingerprint density at radius 2 is 1.92 bits per heavy atom. The topological polar surface area (TPSA) is 28.7 Å². The molecule has 0 radical (unpaired) electrons. The van der Waals surface area contributed by atoms with Gasteiger partial charge in [0.2, 0.25) is 0 Å². The number of hydrogen-bond donors (Lipinski definition) is 1. The van der Waals surface area contributed by atoms with E-state index in [2.05, 4.69) is 17.1 Å².